The molecule has 19 heteroatoms. The zero-order chi connectivity index (χ0) is 21.3. The Morgan fingerprint density at radius 3 is 2.50 bits per heavy atom. The fraction of sp³-hybridized carbons (Fsp3) is 0.556. The van der Waals surface area contributed by atoms with Crippen LogP contribution in [0.2, 0.25) is 0 Å². The maximum atomic E-state index is 11.7. The number of aliphatic hydroxyl groups is 1. The average Bonchev–Trinajstić information content (AvgIpc) is 2.82. The molecule has 0 aromatic carbocycles. The number of phosphoric ester groups is 1. The van der Waals surface area contributed by atoms with E-state index in [0.29, 0.717) is 0 Å². The van der Waals surface area contributed by atoms with Gasteiger partial charge in [0.1, 0.15) is 18.1 Å². The van der Waals surface area contributed by atoms with Gasteiger partial charge in [-0.25, -0.2) is 13.4 Å². The van der Waals surface area contributed by atoms with Crippen molar-refractivity contribution in [2.75, 3.05) is 12.3 Å². The Kier molecular flexibility index (Phi) is 6.99. The van der Waals surface area contributed by atoms with E-state index in [9.17, 15) is 38.3 Å². The minimum atomic E-state index is -6.03. The highest BCUT2D eigenvalue weighted by Gasteiger charge is 2.37. The van der Waals surface area contributed by atoms with Crippen molar-refractivity contribution < 1.29 is 56.3 Å². The Hall–Kier alpha value is -0.990. The lowest BCUT2D eigenvalue weighted by Crippen LogP contribution is -2.29. The first-order chi connectivity index (χ1) is 12.7. The second kappa shape index (κ2) is 8.40. The summed E-state index contributed by atoms with van der Waals surface area (Å²) in [5.41, 5.74) is 4.54. The molecule has 0 spiro atoms. The number of anilines is 1. The lowest BCUT2D eigenvalue weighted by atomic mass is 10.2. The minimum Gasteiger partial charge on any atom is -0.756 e. The van der Waals surface area contributed by atoms with Crippen molar-refractivity contribution in [3.63, 3.8) is 0 Å². The molecule has 1 saturated heterocycles. The molecule has 2 heterocycles. The van der Waals surface area contributed by atoms with Crippen LogP contribution < -0.4 is 26.1 Å². The fourth-order valence-corrected chi connectivity index (χ4v) is 5.03. The standard InChI is InChI=1S/C9H16N3O13P3/c10-7-1-2-12(9(14)11-7)8-3-5(13)6(23-8)4-22-27(18,19)25-28(20,21)24-26(15,16)17/h1-2,5-6,8,13H,3-4H2,(H,18,19)(H,20,21)(H2,10,11,14)(H2,15,16,17)/p-3/t5-,6-,8-/m1/s1. The van der Waals surface area contributed by atoms with E-state index in [1.807, 2.05) is 0 Å². The summed E-state index contributed by atoms with van der Waals surface area (Å²) < 4.78 is 49.9. The number of hydrogen-bond donors (Lipinski definition) is 3. The van der Waals surface area contributed by atoms with Crippen LogP contribution in [-0.2, 0) is 31.6 Å². The van der Waals surface area contributed by atoms with Crippen LogP contribution in [0.3, 0.4) is 0 Å². The third-order valence-corrected chi connectivity index (χ3v) is 6.86. The molecular weight excluding hydrogens is 451 g/mol. The third-order valence-electron chi connectivity index (χ3n) is 3.17. The molecule has 16 nitrogen and oxygen atoms in total. The zero-order valence-corrected chi connectivity index (χ0v) is 16.2. The molecule has 160 valence electrons. The van der Waals surface area contributed by atoms with Crippen molar-refractivity contribution in [3.8, 4) is 0 Å². The maximum absolute atomic E-state index is 11.7. The highest BCUT2D eigenvalue weighted by molar-refractivity contribution is 7.65. The summed E-state index contributed by atoms with van der Waals surface area (Å²) in [4.78, 5) is 56.4. The van der Waals surface area contributed by atoms with Gasteiger partial charge in [-0.15, -0.1) is 0 Å². The van der Waals surface area contributed by atoms with Gasteiger partial charge in [-0.1, -0.05) is 0 Å². The molecule has 3 unspecified atom stereocenters. The number of hydrogen-bond acceptors (Lipinski definition) is 14. The van der Waals surface area contributed by atoms with Crippen LogP contribution in [0.1, 0.15) is 12.6 Å². The van der Waals surface area contributed by atoms with Gasteiger partial charge >= 0.3 is 5.69 Å². The SMILES string of the molecule is Nc1ccn([C@H]2C[C@@H](O)[C@@H](COP(=O)([O-])OP(=O)([O-])OP(=O)([O-])O)O2)c(=O)n1. The Morgan fingerprint density at radius 2 is 1.93 bits per heavy atom. The smallest absolute Gasteiger partial charge is 0.351 e. The first kappa shape index (κ1) is 23.3. The molecule has 1 aromatic heterocycles. The van der Waals surface area contributed by atoms with Gasteiger partial charge in [0.25, 0.3) is 23.5 Å². The molecule has 2 rings (SSSR count). The van der Waals surface area contributed by atoms with Crippen LogP contribution in [0, 0.1) is 0 Å². The lowest BCUT2D eigenvalue weighted by Gasteiger charge is -2.33. The Morgan fingerprint density at radius 1 is 1.29 bits per heavy atom. The summed E-state index contributed by atoms with van der Waals surface area (Å²) in [7, 11) is -17.6. The Labute approximate surface area is 155 Å². The lowest BCUT2D eigenvalue weighted by molar-refractivity contribution is -0.250. The fourth-order valence-electron chi connectivity index (χ4n) is 2.13. The van der Waals surface area contributed by atoms with Crippen LogP contribution in [0.25, 0.3) is 0 Å². The van der Waals surface area contributed by atoms with Crippen LogP contribution in [0.15, 0.2) is 17.1 Å². The molecule has 4 N–H and O–H groups in total. The summed E-state index contributed by atoms with van der Waals surface area (Å²) in [6, 6.07) is 1.28. The number of nitrogens with two attached hydrogens (primary N) is 1. The number of nitrogens with zero attached hydrogens (tertiary/aromatic N) is 2. The van der Waals surface area contributed by atoms with Crippen LogP contribution in [-0.4, -0.2) is 38.4 Å². The molecule has 0 bridgehead atoms. The molecule has 0 saturated carbocycles. The van der Waals surface area contributed by atoms with Crippen molar-refractivity contribution >= 4 is 29.3 Å². The number of ether oxygens (including phenoxy) is 1. The highest BCUT2D eigenvalue weighted by atomic mass is 31.3. The summed E-state index contributed by atoms with van der Waals surface area (Å²) in [5, 5.41) is 9.90. The van der Waals surface area contributed by atoms with Gasteiger partial charge in [-0.3, -0.25) is 18.3 Å². The number of aliphatic hydroxyl groups excluding tert-OH is 1. The van der Waals surface area contributed by atoms with Gasteiger partial charge < -0.3 is 39.7 Å². The third kappa shape index (κ3) is 6.81. The van der Waals surface area contributed by atoms with E-state index in [1.54, 1.807) is 0 Å². The van der Waals surface area contributed by atoms with Crippen molar-refractivity contribution in [1.29, 1.82) is 0 Å². The van der Waals surface area contributed by atoms with E-state index >= 15 is 0 Å². The number of aromatic nitrogens is 2. The Balaban J connectivity index is 1.98. The molecular formula is C9H13N3O13P3-3. The maximum Gasteiger partial charge on any atom is 0.351 e. The number of rotatable bonds is 8. The molecule has 1 aliphatic rings. The van der Waals surface area contributed by atoms with Gasteiger partial charge in [0, 0.05) is 12.6 Å². The van der Waals surface area contributed by atoms with Crippen molar-refractivity contribution in [3.05, 3.63) is 22.7 Å². The molecule has 28 heavy (non-hydrogen) atoms. The normalized spacial score (nSPS) is 29.0. The molecule has 6 atom stereocenters. The quantitative estimate of drug-likeness (QED) is 0.322. The number of phosphoric acid groups is 3. The van der Waals surface area contributed by atoms with Gasteiger partial charge in [0.05, 0.1) is 12.7 Å². The van der Waals surface area contributed by atoms with Crippen LogP contribution >= 0.6 is 23.5 Å². The second-order valence-electron chi connectivity index (χ2n) is 5.30. The summed E-state index contributed by atoms with van der Waals surface area (Å²) in [6.45, 7) is -0.955. The first-order valence-electron chi connectivity index (χ1n) is 7.09. The van der Waals surface area contributed by atoms with Gasteiger partial charge in [0.15, 0.2) is 0 Å². The van der Waals surface area contributed by atoms with Gasteiger partial charge in [0.2, 0.25) is 0 Å². The van der Waals surface area contributed by atoms with E-state index in [-0.39, 0.29) is 12.2 Å². The highest BCUT2D eigenvalue weighted by Crippen LogP contribution is 2.61. The van der Waals surface area contributed by atoms with Crippen molar-refractivity contribution in [2.24, 2.45) is 0 Å². The largest absolute Gasteiger partial charge is 0.756 e. The van der Waals surface area contributed by atoms with E-state index in [4.69, 9.17) is 15.4 Å². The summed E-state index contributed by atoms with van der Waals surface area (Å²) >= 11 is 0. The van der Waals surface area contributed by atoms with Crippen molar-refractivity contribution in [2.45, 2.75) is 24.9 Å². The van der Waals surface area contributed by atoms with Crippen LogP contribution in [0.5, 0.6) is 0 Å². The predicted molar refractivity (Wildman–Crippen MR) is 80.6 cm³/mol. The van der Waals surface area contributed by atoms with Gasteiger partial charge in [-0.2, -0.15) is 4.98 Å². The van der Waals surface area contributed by atoms with E-state index in [1.165, 1.54) is 12.3 Å². The van der Waals surface area contributed by atoms with E-state index in [0.717, 1.165) is 4.57 Å². The van der Waals surface area contributed by atoms with E-state index in [2.05, 4.69) is 18.1 Å². The number of nitrogen functional groups attached to an aromatic ring is 1. The van der Waals surface area contributed by atoms with Crippen molar-refractivity contribution in [1.82, 2.24) is 9.55 Å². The second-order valence-corrected chi connectivity index (χ2v) is 9.59. The molecule has 1 aliphatic heterocycles. The molecule has 0 amide bonds. The first-order valence-corrected chi connectivity index (χ1v) is 11.5. The van der Waals surface area contributed by atoms with Crippen LogP contribution in [0.4, 0.5) is 5.82 Å². The summed E-state index contributed by atoms with van der Waals surface area (Å²) in [5.74, 6) is -0.0566. The molecule has 0 aliphatic carbocycles. The summed E-state index contributed by atoms with van der Waals surface area (Å²) in [6.07, 6.45) is -2.66. The predicted octanol–water partition coefficient (Wildman–Crippen LogP) is -3.08. The van der Waals surface area contributed by atoms with E-state index < -0.39 is 54.2 Å². The molecule has 1 fully saturated rings. The van der Waals surface area contributed by atoms with Gasteiger partial charge in [-0.05, 0) is 6.07 Å². The zero-order valence-electron chi connectivity index (χ0n) is 13.5. The average molecular weight is 464 g/mol. The Bertz CT molecular complexity index is 914. The minimum absolute atomic E-state index is 0.0566. The molecule has 0 radical (unpaired) electrons. The monoisotopic (exact) mass is 464 g/mol. The molecule has 1 aromatic rings. The topological polar surface area (TPSA) is 259 Å².